The molecule has 1 amide bonds. The van der Waals surface area contributed by atoms with Crippen LogP contribution in [0.4, 0.5) is 11.5 Å². The Kier molecular flexibility index (Phi) is 3.99. The summed E-state index contributed by atoms with van der Waals surface area (Å²) in [5.41, 5.74) is 1.38. The standard InChI is InChI=1S/C13H16N4O3S/c1-9-8-13(15-17(9)3)16-21(19,20)12-6-4-11(5-7-12)14-10(2)18/h4-8H,1-3H3,(H,14,18)(H,15,16). The maximum atomic E-state index is 12.2. The van der Waals surface area contributed by atoms with Gasteiger partial charge in [-0.1, -0.05) is 0 Å². The summed E-state index contributed by atoms with van der Waals surface area (Å²) in [7, 11) is -1.97. The molecular weight excluding hydrogens is 292 g/mol. The van der Waals surface area contributed by atoms with Crippen molar-refractivity contribution in [3.05, 3.63) is 36.0 Å². The van der Waals surface area contributed by atoms with E-state index in [1.165, 1.54) is 31.2 Å². The Labute approximate surface area is 123 Å². The van der Waals surface area contributed by atoms with Crippen molar-refractivity contribution >= 4 is 27.4 Å². The minimum Gasteiger partial charge on any atom is -0.326 e. The van der Waals surface area contributed by atoms with E-state index < -0.39 is 10.0 Å². The quantitative estimate of drug-likeness (QED) is 0.895. The van der Waals surface area contributed by atoms with Gasteiger partial charge >= 0.3 is 0 Å². The van der Waals surface area contributed by atoms with Gasteiger partial charge in [0.2, 0.25) is 5.91 Å². The lowest BCUT2D eigenvalue weighted by Crippen LogP contribution is -2.14. The number of carbonyl (C=O) groups is 1. The molecule has 0 aliphatic heterocycles. The lowest BCUT2D eigenvalue weighted by Gasteiger charge is -2.07. The normalized spacial score (nSPS) is 11.2. The van der Waals surface area contributed by atoms with E-state index >= 15 is 0 Å². The summed E-state index contributed by atoms with van der Waals surface area (Å²) in [6.45, 7) is 3.21. The predicted molar refractivity (Wildman–Crippen MR) is 79.5 cm³/mol. The van der Waals surface area contributed by atoms with Crippen molar-refractivity contribution in [2.24, 2.45) is 7.05 Å². The van der Waals surface area contributed by atoms with Crippen molar-refractivity contribution in [2.75, 3.05) is 10.0 Å². The van der Waals surface area contributed by atoms with Gasteiger partial charge in [0.05, 0.1) is 4.90 Å². The van der Waals surface area contributed by atoms with Crippen molar-refractivity contribution < 1.29 is 13.2 Å². The monoisotopic (exact) mass is 308 g/mol. The predicted octanol–water partition coefficient (Wildman–Crippen LogP) is 1.49. The number of carbonyl (C=O) groups excluding carboxylic acids is 1. The highest BCUT2D eigenvalue weighted by Gasteiger charge is 2.16. The fourth-order valence-electron chi connectivity index (χ4n) is 1.73. The van der Waals surface area contributed by atoms with Crippen LogP contribution in [0.25, 0.3) is 0 Å². The molecule has 2 aromatic rings. The SMILES string of the molecule is CC(=O)Nc1ccc(S(=O)(=O)Nc2cc(C)n(C)n2)cc1. The fraction of sp³-hybridized carbons (Fsp3) is 0.231. The zero-order valence-corrected chi connectivity index (χ0v) is 12.7. The Morgan fingerprint density at radius 1 is 1.24 bits per heavy atom. The highest BCUT2D eigenvalue weighted by atomic mass is 32.2. The van der Waals surface area contributed by atoms with Crippen LogP contribution in [0.3, 0.4) is 0 Å². The molecule has 0 saturated heterocycles. The maximum absolute atomic E-state index is 12.2. The van der Waals surface area contributed by atoms with E-state index in [2.05, 4.69) is 15.1 Å². The first-order valence-electron chi connectivity index (χ1n) is 6.19. The summed E-state index contributed by atoms with van der Waals surface area (Å²) in [5, 5.41) is 6.62. The Morgan fingerprint density at radius 3 is 2.33 bits per heavy atom. The largest absolute Gasteiger partial charge is 0.326 e. The van der Waals surface area contributed by atoms with Gasteiger partial charge in [0.25, 0.3) is 10.0 Å². The number of hydrogen-bond acceptors (Lipinski definition) is 4. The number of hydrogen-bond donors (Lipinski definition) is 2. The van der Waals surface area contributed by atoms with Gasteiger partial charge in [0.1, 0.15) is 0 Å². The summed E-state index contributed by atoms with van der Waals surface area (Å²) in [5.74, 6) is 0.0497. The fourth-order valence-corrected chi connectivity index (χ4v) is 2.72. The smallest absolute Gasteiger partial charge is 0.263 e. The van der Waals surface area contributed by atoms with Gasteiger partial charge in [-0.05, 0) is 31.2 Å². The molecule has 0 fully saturated rings. The lowest BCUT2D eigenvalue weighted by molar-refractivity contribution is -0.114. The van der Waals surface area contributed by atoms with Crippen LogP contribution in [0.2, 0.25) is 0 Å². The van der Waals surface area contributed by atoms with Crippen LogP contribution in [0.5, 0.6) is 0 Å². The summed E-state index contributed by atoms with van der Waals surface area (Å²) >= 11 is 0. The van der Waals surface area contributed by atoms with Gasteiger partial charge in [0.15, 0.2) is 5.82 Å². The van der Waals surface area contributed by atoms with Gasteiger partial charge in [-0.15, -0.1) is 0 Å². The summed E-state index contributed by atoms with van der Waals surface area (Å²) in [6.07, 6.45) is 0. The van der Waals surface area contributed by atoms with Crippen molar-refractivity contribution in [1.82, 2.24) is 9.78 Å². The molecule has 0 atom stereocenters. The average Bonchev–Trinajstić information content (AvgIpc) is 2.67. The van der Waals surface area contributed by atoms with E-state index in [0.717, 1.165) is 5.69 Å². The molecule has 21 heavy (non-hydrogen) atoms. The number of benzene rings is 1. The lowest BCUT2D eigenvalue weighted by atomic mass is 10.3. The van der Waals surface area contributed by atoms with Crippen molar-refractivity contribution in [3.63, 3.8) is 0 Å². The van der Waals surface area contributed by atoms with Crippen LogP contribution in [0.15, 0.2) is 35.2 Å². The first kappa shape index (κ1) is 15.0. The number of nitrogens with one attached hydrogen (secondary N) is 2. The van der Waals surface area contributed by atoms with Crippen molar-refractivity contribution in [2.45, 2.75) is 18.7 Å². The van der Waals surface area contributed by atoms with Gasteiger partial charge in [0, 0.05) is 31.4 Å². The van der Waals surface area contributed by atoms with Gasteiger partial charge in [-0.2, -0.15) is 5.10 Å². The van der Waals surface area contributed by atoms with E-state index in [4.69, 9.17) is 0 Å². The Balaban J connectivity index is 2.21. The summed E-state index contributed by atoms with van der Waals surface area (Å²) in [4.78, 5) is 11.0. The number of aryl methyl sites for hydroxylation is 2. The van der Waals surface area contributed by atoms with Gasteiger partial charge < -0.3 is 5.32 Å². The zero-order chi connectivity index (χ0) is 15.6. The molecular formula is C13H16N4O3S. The van der Waals surface area contributed by atoms with Crippen LogP contribution < -0.4 is 10.0 Å². The number of rotatable bonds is 4. The molecule has 0 aliphatic rings. The summed E-state index contributed by atoms with van der Waals surface area (Å²) in [6, 6.07) is 7.54. The molecule has 1 aromatic heterocycles. The number of anilines is 2. The molecule has 2 N–H and O–H groups in total. The van der Waals surface area contributed by atoms with Crippen molar-refractivity contribution in [3.8, 4) is 0 Å². The second-order valence-corrected chi connectivity index (χ2v) is 6.29. The van der Waals surface area contributed by atoms with E-state index in [1.807, 2.05) is 6.92 Å². The van der Waals surface area contributed by atoms with Crippen LogP contribution in [-0.2, 0) is 21.9 Å². The topological polar surface area (TPSA) is 93.1 Å². The van der Waals surface area contributed by atoms with Gasteiger partial charge in [-0.3, -0.25) is 14.2 Å². The molecule has 8 heteroatoms. The van der Waals surface area contributed by atoms with Crippen molar-refractivity contribution in [1.29, 1.82) is 0 Å². The second-order valence-electron chi connectivity index (χ2n) is 4.61. The zero-order valence-electron chi connectivity index (χ0n) is 11.9. The minimum atomic E-state index is -3.70. The molecule has 0 unspecified atom stereocenters. The Hall–Kier alpha value is -2.35. The molecule has 0 saturated carbocycles. The van der Waals surface area contributed by atoms with Crippen LogP contribution in [0, 0.1) is 6.92 Å². The van der Waals surface area contributed by atoms with Crippen LogP contribution in [0.1, 0.15) is 12.6 Å². The third kappa shape index (κ3) is 3.60. The number of sulfonamides is 1. The maximum Gasteiger partial charge on any atom is 0.263 e. The number of nitrogens with zero attached hydrogens (tertiary/aromatic N) is 2. The number of aromatic nitrogens is 2. The molecule has 1 aromatic carbocycles. The molecule has 112 valence electrons. The summed E-state index contributed by atoms with van der Waals surface area (Å²) < 4.78 is 28.4. The van der Waals surface area contributed by atoms with Gasteiger partial charge in [-0.25, -0.2) is 8.42 Å². The molecule has 7 nitrogen and oxygen atoms in total. The van der Waals surface area contributed by atoms with Crippen LogP contribution in [-0.4, -0.2) is 24.1 Å². The molecule has 0 radical (unpaired) electrons. The van der Waals surface area contributed by atoms with E-state index in [9.17, 15) is 13.2 Å². The first-order chi connectivity index (χ1) is 9.78. The number of amides is 1. The molecule has 1 heterocycles. The van der Waals surface area contributed by atoms with E-state index in [1.54, 1.807) is 17.8 Å². The third-order valence-electron chi connectivity index (χ3n) is 2.84. The molecule has 0 spiro atoms. The minimum absolute atomic E-state index is 0.0971. The molecule has 2 rings (SSSR count). The molecule has 0 aliphatic carbocycles. The highest BCUT2D eigenvalue weighted by molar-refractivity contribution is 7.92. The third-order valence-corrected chi connectivity index (χ3v) is 4.21. The van der Waals surface area contributed by atoms with E-state index in [-0.39, 0.29) is 16.6 Å². The van der Waals surface area contributed by atoms with E-state index in [0.29, 0.717) is 5.69 Å². The van der Waals surface area contributed by atoms with Crippen LogP contribution >= 0.6 is 0 Å². The Bertz CT molecular complexity index is 744. The Morgan fingerprint density at radius 2 is 1.86 bits per heavy atom. The first-order valence-corrected chi connectivity index (χ1v) is 7.67. The second kappa shape index (κ2) is 5.57. The molecule has 0 bridgehead atoms. The average molecular weight is 308 g/mol. The highest BCUT2D eigenvalue weighted by Crippen LogP contribution is 2.18.